The lowest BCUT2D eigenvalue weighted by molar-refractivity contribution is 0.0975. The van der Waals surface area contributed by atoms with E-state index in [0.717, 1.165) is 19.6 Å². The zero-order valence-corrected chi connectivity index (χ0v) is 7.40. The molecule has 2 nitrogen and oxygen atoms in total. The van der Waals surface area contributed by atoms with Gasteiger partial charge in [0.1, 0.15) is 11.7 Å². The normalized spacial score (nSPS) is 36.8. The zero-order valence-electron chi connectivity index (χ0n) is 7.40. The van der Waals surface area contributed by atoms with E-state index in [2.05, 4.69) is 24.3 Å². The standard InChI is InChI=1S/C11H12O2/c1-2-4-9(5-3-1)11-6-7-12-8-10(11)13-11/h1-5,10H,6-8H2/t10-,11+/m1/s1. The van der Waals surface area contributed by atoms with Crippen molar-refractivity contribution in [1.82, 2.24) is 0 Å². The summed E-state index contributed by atoms with van der Waals surface area (Å²) in [5.41, 5.74) is 1.32. The van der Waals surface area contributed by atoms with Crippen molar-refractivity contribution >= 4 is 0 Å². The molecule has 0 saturated carbocycles. The minimum absolute atomic E-state index is 0.0134. The molecule has 0 unspecified atom stereocenters. The van der Waals surface area contributed by atoms with Crippen molar-refractivity contribution < 1.29 is 9.47 Å². The molecule has 2 heteroatoms. The van der Waals surface area contributed by atoms with Gasteiger partial charge in [0.15, 0.2) is 0 Å². The maximum Gasteiger partial charge on any atom is 0.124 e. The Hall–Kier alpha value is -0.860. The van der Waals surface area contributed by atoms with Gasteiger partial charge in [-0.3, -0.25) is 0 Å². The Balaban J connectivity index is 1.94. The molecular formula is C11H12O2. The number of fused-ring (bicyclic) bond motifs is 1. The lowest BCUT2D eigenvalue weighted by Gasteiger charge is -2.17. The molecule has 0 N–H and O–H groups in total. The molecule has 68 valence electrons. The van der Waals surface area contributed by atoms with Gasteiger partial charge in [-0.05, 0) is 5.56 Å². The van der Waals surface area contributed by atoms with E-state index >= 15 is 0 Å². The molecule has 0 amide bonds. The van der Waals surface area contributed by atoms with Crippen LogP contribution in [0.3, 0.4) is 0 Å². The van der Waals surface area contributed by atoms with E-state index in [9.17, 15) is 0 Å². The summed E-state index contributed by atoms with van der Waals surface area (Å²) in [6.07, 6.45) is 1.31. The smallest absolute Gasteiger partial charge is 0.124 e. The fourth-order valence-corrected chi connectivity index (χ4v) is 2.14. The van der Waals surface area contributed by atoms with Gasteiger partial charge in [-0.2, -0.15) is 0 Å². The van der Waals surface area contributed by atoms with Crippen LogP contribution in [0.1, 0.15) is 12.0 Å². The van der Waals surface area contributed by atoms with Crippen LogP contribution in [-0.4, -0.2) is 19.3 Å². The summed E-state index contributed by atoms with van der Waals surface area (Å²) in [4.78, 5) is 0. The summed E-state index contributed by atoms with van der Waals surface area (Å²) in [5.74, 6) is 0. The third kappa shape index (κ3) is 1.02. The Morgan fingerprint density at radius 2 is 2.08 bits per heavy atom. The largest absolute Gasteiger partial charge is 0.378 e. The average Bonchev–Trinajstić information content (AvgIpc) is 2.94. The Bertz CT molecular complexity index is 309. The first-order valence-corrected chi connectivity index (χ1v) is 4.73. The van der Waals surface area contributed by atoms with Gasteiger partial charge >= 0.3 is 0 Å². The molecule has 0 aromatic heterocycles. The summed E-state index contributed by atoms with van der Waals surface area (Å²) in [7, 11) is 0. The van der Waals surface area contributed by atoms with Crippen LogP contribution in [0.2, 0.25) is 0 Å². The number of rotatable bonds is 1. The minimum atomic E-state index is 0.0134. The lowest BCUT2D eigenvalue weighted by atomic mass is 9.91. The van der Waals surface area contributed by atoms with Crippen molar-refractivity contribution in [1.29, 1.82) is 0 Å². The first-order valence-electron chi connectivity index (χ1n) is 4.73. The molecule has 2 fully saturated rings. The van der Waals surface area contributed by atoms with E-state index in [1.54, 1.807) is 0 Å². The summed E-state index contributed by atoms with van der Waals surface area (Å²) in [5, 5.41) is 0. The van der Waals surface area contributed by atoms with Gasteiger partial charge < -0.3 is 9.47 Å². The van der Waals surface area contributed by atoms with E-state index in [-0.39, 0.29) is 5.60 Å². The Morgan fingerprint density at radius 1 is 1.23 bits per heavy atom. The highest BCUT2D eigenvalue weighted by molar-refractivity contribution is 5.29. The Morgan fingerprint density at radius 3 is 2.85 bits per heavy atom. The van der Waals surface area contributed by atoms with E-state index in [1.807, 2.05) is 6.07 Å². The molecule has 2 atom stereocenters. The van der Waals surface area contributed by atoms with Crippen molar-refractivity contribution in [3.05, 3.63) is 35.9 Å². The molecule has 1 aromatic carbocycles. The van der Waals surface area contributed by atoms with Crippen molar-refractivity contribution in [2.45, 2.75) is 18.1 Å². The van der Waals surface area contributed by atoms with E-state index < -0.39 is 0 Å². The highest BCUT2D eigenvalue weighted by Crippen LogP contribution is 2.51. The molecule has 0 radical (unpaired) electrons. The third-order valence-electron chi connectivity index (χ3n) is 2.96. The van der Waals surface area contributed by atoms with Gasteiger partial charge in [-0.1, -0.05) is 30.3 Å². The molecule has 13 heavy (non-hydrogen) atoms. The van der Waals surface area contributed by atoms with Gasteiger partial charge in [0.25, 0.3) is 0 Å². The van der Waals surface area contributed by atoms with Crippen LogP contribution < -0.4 is 0 Å². The predicted octanol–water partition coefficient (Wildman–Crippen LogP) is 1.70. The predicted molar refractivity (Wildman–Crippen MR) is 48.4 cm³/mol. The summed E-state index contributed by atoms with van der Waals surface area (Å²) in [6, 6.07) is 10.5. The molecule has 0 spiro atoms. The summed E-state index contributed by atoms with van der Waals surface area (Å²) in [6.45, 7) is 1.58. The maximum atomic E-state index is 5.73. The highest BCUT2D eigenvalue weighted by Gasteiger charge is 2.59. The molecule has 2 saturated heterocycles. The molecule has 2 aliphatic heterocycles. The first-order chi connectivity index (χ1) is 6.42. The first kappa shape index (κ1) is 7.54. The van der Waals surface area contributed by atoms with Crippen LogP contribution in [0.4, 0.5) is 0 Å². The van der Waals surface area contributed by atoms with Gasteiger partial charge in [-0.25, -0.2) is 0 Å². The van der Waals surface area contributed by atoms with Crippen LogP contribution in [0.25, 0.3) is 0 Å². The van der Waals surface area contributed by atoms with E-state index in [0.29, 0.717) is 6.10 Å². The maximum absolute atomic E-state index is 5.73. The summed E-state index contributed by atoms with van der Waals surface area (Å²) >= 11 is 0. The monoisotopic (exact) mass is 176 g/mol. The molecule has 2 heterocycles. The number of epoxide rings is 1. The molecule has 0 bridgehead atoms. The van der Waals surface area contributed by atoms with Crippen LogP contribution in [0, 0.1) is 0 Å². The van der Waals surface area contributed by atoms with Gasteiger partial charge in [0.05, 0.1) is 6.61 Å². The van der Waals surface area contributed by atoms with Crippen LogP contribution in [-0.2, 0) is 15.1 Å². The summed E-state index contributed by atoms with van der Waals surface area (Å²) < 4.78 is 11.1. The van der Waals surface area contributed by atoms with Crippen molar-refractivity contribution in [2.75, 3.05) is 13.2 Å². The van der Waals surface area contributed by atoms with Crippen molar-refractivity contribution in [3.63, 3.8) is 0 Å². The van der Waals surface area contributed by atoms with Gasteiger partial charge in [-0.15, -0.1) is 0 Å². The lowest BCUT2D eigenvalue weighted by Crippen LogP contribution is -2.24. The number of hydrogen-bond acceptors (Lipinski definition) is 2. The topological polar surface area (TPSA) is 21.8 Å². The minimum Gasteiger partial charge on any atom is -0.378 e. The van der Waals surface area contributed by atoms with Crippen molar-refractivity contribution in [3.8, 4) is 0 Å². The Kier molecular flexibility index (Phi) is 1.49. The average molecular weight is 176 g/mol. The number of ether oxygens (including phenoxy) is 2. The second-order valence-corrected chi connectivity index (χ2v) is 3.69. The third-order valence-corrected chi connectivity index (χ3v) is 2.96. The highest BCUT2D eigenvalue weighted by atomic mass is 16.6. The fraction of sp³-hybridized carbons (Fsp3) is 0.455. The van der Waals surface area contributed by atoms with E-state index in [1.165, 1.54) is 5.56 Å². The molecular weight excluding hydrogens is 164 g/mol. The van der Waals surface area contributed by atoms with Crippen LogP contribution in [0.15, 0.2) is 30.3 Å². The van der Waals surface area contributed by atoms with Gasteiger partial charge in [0.2, 0.25) is 0 Å². The quantitative estimate of drug-likeness (QED) is 0.607. The zero-order chi connectivity index (χ0) is 8.73. The van der Waals surface area contributed by atoms with Crippen LogP contribution in [0.5, 0.6) is 0 Å². The second-order valence-electron chi connectivity index (χ2n) is 3.69. The SMILES string of the molecule is c1ccc([C@@]23CCOC[C@H]2O3)cc1. The second kappa shape index (κ2) is 2.56. The molecule has 2 aliphatic rings. The van der Waals surface area contributed by atoms with Crippen LogP contribution >= 0.6 is 0 Å². The molecule has 3 rings (SSSR count). The van der Waals surface area contributed by atoms with Gasteiger partial charge in [0, 0.05) is 13.0 Å². The molecule has 0 aliphatic carbocycles. The number of benzene rings is 1. The van der Waals surface area contributed by atoms with Crippen molar-refractivity contribution in [2.24, 2.45) is 0 Å². The van der Waals surface area contributed by atoms with E-state index in [4.69, 9.17) is 9.47 Å². The Labute approximate surface area is 77.5 Å². The fourth-order valence-electron chi connectivity index (χ4n) is 2.14. The molecule has 1 aromatic rings. The number of hydrogen-bond donors (Lipinski definition) is 0.